The average Bonchev–Trinajstić information content (AvgIpc) is 3.00. The van der Waals surface area contributed by atoms with Crippen molar-refractivity contribution < 1.29 is 39.5 Å². The van der Waals surface area contributed by atoms with E-state index in [0.29, 0.717) is 37.0 Å². The van der Waals surface area contributed by atoms with Crippen molar-refractivity contribution in [3.63, 3.8) is 0 Å². The van der Waals surface area contributed by atoms with Crippen LogP contribution in [0.3, 0.4) is 0 Å². The van der Waals surface area contributed by atoms with Crippen LogP contribution in [0.5, 0.6) is 11.5 Å². The molecule has 0 bridgehead atoms. The first kappa shape index (κ1) is 35.0. The molecule has 5 aliphatic rings. The molecule has 8 heteroatoms. The number of methoxy groups -OCH3 is 1. The van der Waals surface area contributed by atoms with Gasteiger partial charge in [0.15, 0.2) is 11.5 Å². The lowest BCUT2D eigenvalue weighted by molar-refractivity contribution is -0.242. The first-order valence-electron chi connectivity index (χ1n) is 17.9. The molecule has 5 aliphatic carbocycles. The van der Waals surface area contributed by atoms with Gasteiger partial charge in [-0.2, -0.15) is 0 Å². The lowest BCUT2D eigenvalue weighted by Gasteiger charge is -2.72. The number of phenolic OH excluding ortho intramolecular Hbond substituents is 1. The number of allylic oxidation sites excluding steroid dienone is 1. The number of rotatable bonds is 5. The second-order valence-electron chi connectivity index (χ2n) is 17.6. The Labute approximate surface area is 285 Å². The molecule has 0 radical (unpaired) electrons. The zero-order chi connectivity index (χ0) is 35.2. The summed E-state index contributed by atoms with van der Waals surface area (Å²) in [4.78, 5) is 26.2. The molecule has 0 aliphatic heterocycles. The minimum absolute atomic E-state index is 0.00436. The lowest BCUT2D eigenvalue weighted by atomic mass is 9.33. The standard InChI is InChI=1S/C40H56O8/c1-23-15-18-40(34(44)45)20-19-37(5)25(32(40)39(23,7)46)11-13-30-36(4)22-27(42)33(35(2,3)29(36)16-17-38(30,37)6)48-31(43)14-10-24-9-12-26(41)28(21-24)47-8/h9-12,14,21,23,27,29-30,32-33,41-42,46H,13,15-20,22H2,1-8H3,(H,44,45). The maximum absolute atomic E-state index is 13.2. The van der Waals surface area contributed by atoms with Crippen LogP contribution >= 0.6 is 0 Å². The average molecular weight is 665 g/mol. The van der Waals surface area contributed by atoms with Crippen molar-refractivity contribution in [2.75, 3.05) is 7.11 Å². The van der Waals surface area contributed by atoms with Gasteiger partial charge in [0.1, 0.15) is 6.10 Å². The highest BCUT2D eigenvalue weighted by atomic mass is 16.6. The van der Waals surface area contributed by atoms with Crippen LogP contribution < -0.4 is 4.74 Å². The zero-order valence-electron chi connectivity index (χ0n) is 30.0. The number of esters is 1. The van der Waals surface area contributed by atoms with Crippen molar-refractivity contribution in [2.24, 2.45) is 50.7 Å². The molecule has 4 N–H and O–H groups in total. The number of carbonyl (C=O) groups excluding carboxylic acids is 1. The fourth-order valence-corrected chi connectivity index (χ4v) is 12.3. The molecule has 0 heterocycles. The van der Waals surface area contributed by atoms with E-state index in [9.17, 15) is 30.0 Å². The van der Waals surface area contributed by atoms with Crippen molar-refractivity contribution >= 4 is 18.0 Å². The second kappa shape index (κ2) is 11.3. The van der Waals surface area contributed by atoms with Gasteiger partial charge in [-0.15, -0.1) is 0 Å². The maximum Gasteiger partial charge on any atom is 0.331 e. The quantitative estimate of drug-likeness (QED) is 0.148. The van der Waals surface area contributed by atoms with Crippen LogP contribution in [-0.4, -0.2) is 57.3 Å². The van der Waals surface area contributed by atoms with Crippen LogP contribution in [0, 0.1) is 50.7 Å². The van der Waals surface area contributed by atoms with Crippen molar-refractivity contribution in [1.82, 2.24) is 0 Å². The number of phenols is 1. The molecule has 8 nitrogen and oxygen atoms in total. The Balaban J connectivity index is 1.29. The molecule has 0 amide bonds. The Bertz CT molecular complexity index is 1540. The monoisotopic (exact) mass is 664 g/mol. The number of ether oxygens (including phenoxy) is 2. The van der Waals surface area contributed by atoms with Crippen LogP contribution in [0.2, 0.25) is 0 Å². The van der Waals surface area contributed by atoms with Crippen LogP contribution in [0.1, 0.15) is 105 Å². The van der Waals surface area contributed by atoms with Gasteiger partial charge < -0.3 is 29.9 Å². The van der Waals surface area contributed by atoms with E-state index in [0.717, 1.165) is 31.3 Å². The van der Waals surface area contributed by atoms with E-state index in [4.69, 9.17) is 9.47 Å². The highest BCUT2D eigenvalue weighted by molar-refractivity contribution is 5.87. The predicted molar refractivity (Wildman–Crippen MR) is 183 cm³/mol. The highest BCUT2D eigenvalue weighted by Crippen LogP contribution is 2.76. The van der Waals surface area contributed by atoms with Gasteiger partial charge in [-0.3, -0.25) is 4.79 Å². The number of carboxylic acids is 1. The fourth-order valence-electron chi connectivity index (χ4n) is 12.3. The van der Waals surface area contributed by atoms with E-state index in [2.05, 4.69) is 47.6 Å². The predicted octanol–water partition coefficient (Wildman–Crippen LogP) is 7.15. The number of aliphatic hydroxyl groups excluding tert-OH is 1. The van der Waals surface area contributed by atoms with Crippen molar-refractivity contribution in [2.45, 2.75) is 118 Å². The number of carboxylic acid groups (broad SMARTS) is 1. The molecule has 0 aromatic heterocycles. The van der Waals surface area contributed by atoms with Crippen molar-refractivity contribution in [1.29, 1.82) is 0 Å². The fraction of sp³-hybridized carbons (Fsp3) is 0.700. The SMILES string of the molecule is COc1cc(C=CC(=O)OC2C(O)CC3(C)C(CCC4(C)C3CC=C3C5C(C(=O)O)(CCC(C)C5(C)O)CCC34C)C2(C)C)ccc1O. The molecule has 11 unspecified atom stereocenters. The van der Waals surface area contributed by atoms with Gasteiger partial charge in [0.25, 0.3) is 0 Å². The van der Waals surface area contributed by atoms with E-state index >= 15 is 0 Å². The summed E-state index contributed by atoms with van der Waals surface area (Å²) in [5.41, 5.74) is -1.43. The minimum Gasteiger partial charge on any atom is -0.504 e. The second-order valence-corrected chi connectivity index (χ2v) is 17.6. The molecule has 11 atom stereocenters. The molecule has 264 valence electrons. The Kier molecular flexibility index (Phi) is 8.27. The van der Waals surface area contributed by atoms with Crippen LogP contribution in [-0.2, 0) is 14.3 Å². The van der Waals surface area contributed by atoms with E-state index in [-0.39, 0.29) is 39.7 Å². The number of fused-ring (bicyclic) bond motifs is 7. The molecule has 6 rings (SSSR count). The summed E-state index contributed by atoms with van der Waals surface area (Å²) in [6.07, 6.45) is 9.52. The first-order valence-corrected chi connectivity index (χ1v) is 17.9. The molecule has 1 aromatic carbocycles. The normalized spacial score (nSPS) is 44.8. The number of hydrogen-bond acceptors (Lipinski definition) is 7. The number of benzene rings is 1. The summed E-state index contributed by atoms with van der Waals surface area (Å²) in [6, 6.07) is 4.82. The summed E-state index contributed by atoms with van der Waals surface area (Å²) in [5, 5.41) is 44.4. The molecule has 0 saturated heterocycles. The smallest absolute Gasteiger partial charge is 0.331 e. The van der Waals surface area contributed by atoms with Crippen molar-refractivity contribution in [3.8, 4) is 11.5 Å². The van der Waals surface area contributed by atoms with Crippen molar-refractivity contribution in [3.05, 3.63) is 41.5 Å². The van der Waals surface area contributed by atoms with Crippen LogP contribution in [0.25, 0.3) is 6.08 Å². The third kappa shape index (κ3) is 4.74. The third-order valence-electron chi connectivity index (χ3n) is 15.2. The minimum atomic E-state index is -1.11. The number of aliphatic hydroxyl groups is 2. The summed E-state index contributed by atoms with van der Waals surface area (Å²) >= 11 is 0. The van der Waals surface area contributed by atoms with E-state index < -0.39 is 46.5 Å². The number of aromatic hydroxyl groups is 1. The summed E-state index contributed by atoms with van der Waals surface area (Å²) in [6.45, 7) is 15.2. The van der Waals surface area contributed by atoms with Gasteiger partial charge >= 0.3 is 11.9 Å². The van der Waals surface area contributed by atoms with E-state index in [1.807, 2.05) is 6.92 Å². The zero-order valence-corrected chi connectivity index (χ0v) is 30.0. The lowest BCUT2D eigenvalue weighted by Crippen LogP contribution is -2.69. The third-order valence-corrected chi connectivity index (χ3v) is 15.2. The topological polar surface area (TPSA) is 134 Å². The molecule has 4 fully saturated rings. The van der Waals surface area contributed by atoms with Gasteiger partial charge in [0.2, 0.25) is 0 Å². The summed E-state index contributed by atoms with van der Waals surface area (Å²) in [7, 11) is 1.47. The molecule has 1 aromatic rings. The summed E-state index contributed by atoms with van der Waals surface area (Å²) < 4.78 is 11.2. The molecular weight excluding hydrogens is 608 g/mol. The largest absolute Gasteiger partial charge is 0.504 e. The Morgan fingerprint density at radius 2 is 1.69 bits per heavy atom. The molecule has 48 heavy (non-hydrogen) atoms. The first-order chi connectivity index (χ1) is 22.3. The maximum atomic E-state index is 13.2. The van der Waals surface area contributed by atoms with Crippen LogP contribution in [0.4, 0.5) is 0 Å². The Hall–Kier alpha value is -2.84. The van der Waals surface area contributed by atoms with E-state index in [1.165, 1.54) is 19.3 Å². The Morgan fingerprint density at radius 1 is 0.979 bits per heavy atom. The highest BCUT2D eigenvalue weighted by Gasteiger charge is 2.72. The number of hydrogen-bond donors (Lipinski definition) is 4. The number of carbonyl (C=O) groups is 2. The number of aliphatic carboxylic acids is 1. The van der Waals surface area contributed by atoms with Gasteiger partial charge in [0.05, 0.1) is 24.2 Å². The van der Waals surface area contributed by atoms with Gasteiger partial charge in [0, 0.05) is 17.4 Å². The Morgan fingerprint density at radius 3 is 2.35 bits per heavy atom. The van der Waals surface area contributed by atoms with E-state index in [1.54, 1.807) is 18.2 Å². The molecule has 0 spiro atoms. The van der Waals surface area contributed by atoms with Gasteiger partial charge in [-0.1, -0.05) is 59.3 Å². The van der Waals surface area contributed by atoms with Crippen LogP contribution in [0.15, 0.2) is 35.9 Å². The summed E-state index contributed by atoms with van der Waals surface area (Å²) in [5.74, 6) is -0.985. The molecular formula is C40H56O8. The molecule has 4 saturated carbocycles. The van der Waals surface area contributed by atoms with Gasteiger partial charge in [-0.05, 0) is 116 Å². The van der Waals surface area contributed by atoms with Gasteiger partial charge in [-0.25, -0.2) is 4.79 Å².